The Balaban J connectivity index is 2.22. The Kier molecular flexibility index (Phi) is 4.81. The first-order valence-electron chi connectivity index (χ1n) is 7.10. The molecule has 0 N–H and O–H groups in total. The van der Waals surface area contributed by atoms with Crippen LogP contribution in [0.3, 0.4) is 0 Å². The van der Waals surface area contributed by atoms with Crippen molar-refractivity contribution in [3.63, 3.8) is 0 Å². The summed E-state index contributed by atoms with van der Waals surface area (Å²) < 4.78 is 27.8. The maximum atomic E-state index is 13.2. The fraction of sp³-hybridized carbons (Fsp3) is 0. The molecule has 0 aliphatic carbocycles. The van der Waals surface area contributed by atoms with Crippen LogP contribution in [0.15, 0.2) is 83.8 Å². The van der Waals surface area contributed by atoms with Gasteiger partial charge >= 0.3 is 0 Å². The minimum Gasteiger partial charge on any atom is -0.235 e. The molecule has 6 heteroatoms. The zero-order chi connectivity index (χ0) is 17.2. The minimum absolute atomic E-state index is 0.0349. The SMILES string of the molecule is O=S(=O)(c1cc(Cl)cc(Cl)c1)N(c1ccccc1)c1ccccc1. The van der Waals surface area contributed by atoms with Gasteiger partial charge in [-0.15, -0.1) is 0 Å². The molecule has 122 valence electrons. The summed E-state index contributed by atoms with van der Waals surface area (Å²) in [5.41, 5.74) is 1.06. The van der Waals surface area contributed by atoms with E-state index in [-0.39, 0.29) is 14.9 Å². The van der Waals surface area contributed by atoms with Gasteiger partial charge in [0.25, 0.3) is 10.0 Å². The molecule has 0 saturated carbocycles. The van der Waals surface area contributed by atoms with Crippen molar-refractivity contribution in [3.8, 4) is 0 Å². The molecular weight excluding hydrogens is 365 g/mol. The van der Waals surface area contributed by atoms with Gasteiger partial charge in [-0.05, 0) is 42.5 Å². The van der Waals surface area contributed by atoms with Crippen LogP contribution in [0.2, 0.25) is 10.0 Å². The second kappa shape index (κ2) is 6.85. The number of nitrogens with zero attached hydrogens (tertiary/aromatic N) is 1. The normalized spacial score (nSPS) is 11.2. The van der Waals surface area contributed by atoms with E-state index in [0.29, 0.717) is 11.4 Å². The number of halogens is 2. The van der Waals surface area contributed by atoms with Crippen LogP contribution in [0.5, 0.6) is 0 Å². The zero-order valence-corrected chi connectivity index (χ0v) is 14.8. The van der Waals surface area contributed by atoms with Crippen LogP contribution < -0.4 is 4.31 Å². The van der Waals surface area contributed by atoms with Gasteiger partial charge in [-0.3, -0.25) is 0 Å². The summed E-state index contributed by atoms with van der Waals surface area (Å²) >= 11 is 12.0. The van der Waals surface area contributed by atoms with E-state index in [0.717, 1.165) is 0 Å². The highest BCUT2D eigenvalue weighted by molar-refractivity contribution is 7.93. The molecule has 0 saturated heterocycles. The van der Waals surface area contributed by atoms with Crippen molar-refractivity contribution in [2.24, 2.45) is 0 Å². The molecule has 0 amide bonds. The lowest BCUT2D eigenvalue weighted by atomic mass is 10.3. The standard InChI is InChI=1S/C18H13Cl2NO2S/c19-14-11-15(20)13-18(12-14)24(22,23)21(16-7-3-1-4-8-16)17-9-5-2-6-10-17/h1-13H. The maximum absolute atomic E-state index is 13.2. The summed E-state index contributed by atoms with van der Waals surface area (Å²) in [7, 11) is -3.89. The fourth-order valence-corrected chi connectivity index (χ4v) is 4.55. The van der Waals surface area contributed by atoms with Crippen molar-refractivity contribution in [1.29, 1.82) is 0 Å². The predicted molar refractivity (Wildman–Crippen MR) is 98.7 cm³/mol. The lowest BCUT2D eigenvalue weighted by molar-refractivity contribution is 0.596. The number of anilines is 2. The Morgan fingerprint density at radius 2 is 1.08 bits per heavy atom. The van der Waals surface area contributed by atoms with Crippen molar-refractivity contribution in [1.82, 2.24) is 0 Å². The van der Waals surface area contributed by atoms with Crippen LogP contribution in [0, 0.1) is 0 Å². The smallest absolute Gasteiger partial charge is 0.235 e. The van der Waals surface area contributed by atoms with E-state index < -0.39 is 10.0 Å². The molecule has 0 aliphatic rings. The van der Waals surface area contributed by atoms with Crippen molar-refractivity contribution in [2.75, 3.05) is 4.31 Å². The first-order valence-corrected chi connectivity index (χ1v) is 9.29. The molecule has 0 spiro atoms. The monoisotopic (exact) mass is 377 g/mol. The third kappa shape index (κ3) is 3.41. The van der Waals surface area contributed by atoms with Crippen molar-refractivity contribution in [3.05, 3.63) is 88.9 Å². The van der Waals surface area contributed by atoms with Gasteiger partial charge < -0.3 is 0 Å². The highest BCUT2D eigenvalue weighted by Crippen LogP contribution is 2.33. The van der Waals surface area contributed by atoms with Gasteiger partial charge in [0.05, 0.1) is 16.3 Å². The highest BCUT2D eigenvalue weighted by Gasteiger charge is 2.27. The van der Waals surface area contributed by atoms with Gasteiger partial charge in [-0.1, -0.05) is 59.6 Å². The first kappa shape index (κ1) is 16.8. The van der Waals surface area contributed by atoms with Crippen LogP contribution in [0.4, 0.5) is 11.4 Å². The number of hydrogen-bond acceptors (Lipinski definition) is 2. The summed E-state index contributed by atoms with van der Waals surface area (Å²) in [6.07, 6.45) is 0. The summed E-state index contributed by atoms with van der Waals surface area (Å²) in [6, 6.07) is 22.0. The molecule has 24 heavy (non-hydrogen) atoms. The molecule has 0 radical (unpaired) electrons. The van der Waals surface area contributed by atoms with Gasteiger partial charge in [0.2, 0.25) is 0 Å². The number of sulfonamides is 1. The Labute approximate surface area is 151 Å². The number of para-hydroxylation sites is 2. The molecule has 3 nitrogen and oxygen atoms in total. The van der Waals surface area contributed by atoms with Gasteiger partial charge in [0.1, 0.15) is 0 Å². The Bertz CT molecular complexity index is 886. The van der Waals surface area contributed by atoms with E-state index in [4.69, 9.17) is 23.2 Å². The Hall–Kier alpha value is -2.01. The maximum Gasteiger partial charge on any atom is 0.268 e. The minimum atomic E-state index is -3.89. The number of rotatable bonds is 4. The molecule has 3 rings (SSSR count). The van der Waals surface area contributed by atoms with E-state index in [9.17, 15) is 8.42 Å². The average molecular weight is 378 g/mol. The van der Waals surface area contributed by atoms with Gasteiger partial charge in [-0.2, -0.15) is 0 Å². The molecule has 0 heterocycles. The molecule has 0 fully saturated rings. The lowest BCUT2D eigenvalue weighted by Gasteiger charge is -2.24. The molecule has 3 aromatic rings. The van der Waals surface area contributed by atoms with Crippen LogP contribution in [-0.4, -0.2) is 8.42 Å². The van der Waals surface area contributed by atoms with E-state index in [1.807, 2.05) is 12.1 Å². The predicted octanol–water partition coefficient (Wildman–Crippen LogP) is 5.52. The second-order valence-corrected chi connectivity index (χ2v) is 7.71. The number of hydrogen-bond donors (Lipinski definition) is 0. The van der Waals surface area contributed by atoms with Crippen molar-refractivity contribution < 1.29 is 8.42 Å². The van der Waals surface area contributed by atoms with E-state index in [1.165, 1.54) is 22.5 Å². The van der Waals surface area contributed by atoms with Crippen LogP contribution in [0.25, 0.3) is 0 Å². The van der Waals surface area contributed by atoms with E-state index in [2.05, 4.69) is 0 Å². The quantitative estimate of drug-likeness (QED) is 0.599. The average Bonchev–Trinajstić information content (AvgIpc) is 2.56. The van der Waals surface area contributed by atoms with E-state index in [1.54, 1.807) is 48.5 Å². The van der Waals surface area contributed by atoms with Gasteiger partial charge in [-0.25, -0.2) is 12.7 Å². The molecule has 0 unspecified atom stereocenters. The summed E-state index contributed by atoms with van der Waals surface area (Å²) in [5.74, 6) is 0. The Morgan fingerprint density at radius 3 is 1.50 bits per heavy atom. The molecule has 0 atom stereocenters. The third-order valence-corrected chi connectivity index (χ3v) is 5.53. The first-order chi connectivity index (χ1) is 11.5. The van der Waals surface area contributed by atoms with Crippen LogP contribution in [0.1, 0.15) is 0 Å². The molecule has 3 aromatic carbocycles. The highest BCUT2D eigenvalue weighted by atomic mass is 35.5. The van der Waals surface area contributed by atoms with Crippen LogP contribution >= 0.6 is 23.2 Å². The van der Waals surface area contributed by atoms with Crippen molar-refractivity contribution >= 4 is 44.6 Å². The second-order valence-electron chi connectivity index (χ2n) is 5.05. The molecule has 0 aliphatic heterocycles. The molecular formula is C18H13Cl2NO2S. The van der Waals surface area contributed by atoms with Gasteiger partial charge in [0, 0.05) is 10.0 Å². The molecule has 0 aromatic heterocycles. The van der Waals surface area contributed by atoms with Crippen LogP contribution in [-0.2, 0) is 10.0 Å². The third-order valence-electron chi connectivity index (χ3n) is 3.36. The fourth-order valence-electron chi connectivity index (χ4n) is 2.34. The van der Waals surface area contributed by atoms with Crippen molar-refractivity contribution in [2.45, 2.75) is 4.90 Å². The molecule has 0 bridgehead atoms. The lowest BCUT2D eigenvalue weighted by Crippen LogP contribution is -2.26. The Morgan fingerprint density at radius 1 is 0.667 bits per heavy atom. The topological polar surface area (TPSA) is 37.4 Å². The van der Waals surface area contributed by atoms with E-state index >= 15 is 0 Å². The summed E-state index contributed by atoms with van der Waals surface area (Å²) in [6.45, 7) is 0. The number of benzene rings is 3. The summed E-state index contributed by atoms with van der Waals surface area (Å²) in [4.78, 5) is 0.0349. The largest absolute Gasteiger partial charge is 0.268 e. The van der Waals surface area contributed by atoms with Gasteiger partial charge in [0.15, 0.2) is 0 Å². The summed E-state index contributed by atoms with van der Waals surface area (Å²) in [5, 5.41) is 0.532. The zero-order valence-electron chi connectivity index (χ0n) is 12.4.